The molecule has 0 spiro atoms. The predicted molar refractivity (Wildman–Crippen MR) is 169 cm³/mol. The fourth-order valence-electron chi connectivity index (χ4n) is 5.05. The van der Waals surface area contributed by atoms with Gasteiger partial charge in [-0.15, -0.1) is 0 Å². The molecule has 0 radical (unpaired) electrons. The number of carbonyl (C=O) groups is 2. The molecule has 2 aromatic rings. The number of unbranched alkanes of at least 4 members (excludes halogenated alkanes) is 1. The maximum atomic E-state index is 14.4. The molecule has 0 bridgehead atoms. The monoisotopic (exact) mass is 679 g/mol. The number of allylic oxidation sites excluding steroid dienone is 1. The van der Waals surface area contributed by atoms with Crippen molar-refractivity contribution in [1.82, 2.24) is 5.32 Å². The number of nitrogens with zero attached hydrogens (tertiary/aromatic N) is 2. The third-order valence-electron chi connectivity index (χ3n) is 7.12. The quantitative estimate of drug-likeness (QED) is 0.0974. The van der Waals surface area contributed by atoms with Gasteiger partial charge in [0.2, 0.25) is 0 Å². The summed E-state index contributed by atoms with van der Waals surface area (Å²) in [5, 5.41) is 25.0. The average Bonchev–Trinajstić information content (AvgIpc) is 3.02. The molecule has 1 aliphatic rings. The summed E-state index contributed by atoms with van der Waals surface area (Å²) in [5.41, 5.74) is -3.55. The highest BCUT2D eigenvalue weighted by Crippen LogP contribution is 2.48. The Morgan fingerprint density at radius 2 is 1.81 bits per heavy atom. The number of esters is 2. The number of non-ortho nitro benzene ring substituents is 1. The molecule has 1 aliphatic heterocycles. The summed E-state index contributed by atoms with van der Waals surface area (Å²) in [6.07, 6.45) is -5.55. The van der Waals surface area contributed by atoms with Crippen LogP contribution < -0.4 is 14.8 Å². The molecule has 3 rings (SSSR count). The van der Waals surface area contributed by atoms with Gasteiger partial charge < -0.3 is 29.4 Å². The molecule has 0 aromatic heterocycles. The Labute approximate surface area is 276 Å². The van der Waals surface area contributed by atoms with Crippen molar-refractivity contribution in [3.8, 4) is 11.5 Å². The molecule has 1 heterocycles. The summed E-state index contributed by atoms with van der Waals surface area (Å²) in [7, 11) is 0. The minimum absolute atomic E-state index is 0.0393. The van der Waals surface area contributed by atoms with Crippen LogP contribution in [0.1, 0.15) is 52.0 Å². The Morgan fingerprint density at radius 1 is 1.10 bits per heavy atom. The standard InChI is InChI=1S/C33H40F3N3O9/c1-5-45-31(41)29-28(27(32(42)48-20(2)3)21(4)38-30(29)33(34,35)36)25-17-22(39(43)44)13-14-26(25)46-16-10-9-15-37-18-23(40)19-47-24-11-7-6-8-12-24/h6-8,11-14,17,20,23,27-28,37,40H,5,9-10,15-16,18-19H2,1-4H3. The number of aliphatic imine (C=N–C) groups is 1. The molecular weight excluding hydrogens is 639 g/mol. The maximum absolute atomic E-state index is 14.4. The number of nitro groups is 1. The van der Waals surface area contributed by atoms with Gasteiger partial charge in [0, 0.05) is 35.9 Å². The molecule has 0 aliphatic carbocycles. The van der Waals surface area contributed by atoms with E-state index in [4.69, 9.17) is 18.9 Å². The first-order valence-electron chi connectivity index (χ1n) is 15.5. The Balaban J connectivity index is 1.84. The van der Waals surface area contributed by atoms with Gasteiger partial charge in [0.25, 0.3) is 5.69 Å². The van der Waals surface area contributed by atoms with Gasteiger partial charge >= 0.3 is 18.1 Å². The Hall–Kier alpha value is -4.50. The van der Waals surface area contributed by atoms with Gasteiger partial charge in [0.15, 0.2) is 5.70 Å². The van der Waals surface area contributed by atoms with Crippen molar-refractivity contribution < 1.29 is 51.7 Å². The van der Waals surface area contributed by atoms with Crippen molar-refractivity contribution in [2.24, 2.45) is 10.9 Å². The molecule has 0 saturated carbocycles. The minimum atomic E-state index is -5.13. The van der Waals surface area contributed by atoms with Gasteiger partial charge in [-0.05, 0) is 65.3 Å². The molecule has 262 valence electrons. The predicted octanol–water partition coefficient (Wildman–Crippen LogP) is 5.29. The molecular formula is C33H40F3N3O9. The van der Waals surface area contributed by atoms with Gasteiger partial charge in [0.1, 0.15) is 30.1 Å². The summed E-state index contributed by atoms with van der Waals surface area (Å²) < 4.78 is 64.9. The first-order chi connectivity index (χ1) is 22.7. The maximum Gasteiger partial charge on any atom is 0.433 e. The number of hydrogen-bond acceptors (Lipinski definition) is 11. The number of carbonyl (C=O) groups excluding carboxylic acids is 2. The number of rotatable bonds is 17. The fourth-order valence-corrected chi connectivity index (χ4v) is 5.05. The first-order valence-corrected chi connectivity index (χ1v) is 15.5. The van der Waals surface area contributed by atoms with Crippen molar-refractivity contribution in [2.45, 2.75) is 64.8 Å². The number of nitro benzene ring substituents is 1. The molecule has 15 heteroatoms. The van der Waals surface area contributed by atoms with Crippen molar-refractivity contribution in [1.29, 1.82) is 0 Å². The van der Waals surface area contributed by atoms with Crippen LogP contribution >= 0.6 is 0 Å². The summed E-state index contributed by atoms with van der Waals surface area (Å²) >= 11 is 0. The smallest absolute Gasteiger partial charge is 0.433 e. The molecule has 2 N–H and O–H groups in total. The summed E-state index contributed by atoms with van der Waals surface area (Å²) in [5.74, 6) is -5.07. The first kappa shape index (κ1) is 38.0. The van der Waals surface area contributed by atoms with Crippen LogP contribution in [-0.4, -0.2) is 79.0 Å². The van der Waals surface area contributed by atoms with E-state index in [1.54, 1.807) is 26.0 Å². The van der Waals surface area contributed by atoms with Crippen LogP contribution in [0, 0.1) is 16.0 Å². The van der Waals surface area contributed by atoms with Crippen LogP contribution in [-0.2, 0) is 19.1 Å². The zero-order chi connectivity index (χ0) is 35.4. The van der Waals surface area contributed by atoms with Gasteiger partial charge in [-0.25, -0.2) is 4.79 Å². The average molecular weight is 680 g/mol. The molecule has 2 aromatic carbocycles. The van der Waals surface area contributed by atoms with E-state index in [2.05, 4.69) is 10.3 Å². The summed E-state index contributed by atoms with van der Waals surface area (Å²) in [6, 6.07) is 12.4. The van der Waals surface area contributed by atoms with Crippen LogP contribution in [0.5, 0.6) is 11.5 Å². The van der Waals surface area contributed by atoms with Crippen molar-refractivity contribution in [3.05, 3.63) is 75.5 Å². The van der Waals surface area contributed by atoms with Crippen molar-refractivity contribution >= 4 is 23.3 Å². The Bertz CT molecular complexity index is 1480. The second kappa shape index (κ2) is 17.6. The largest absolute Gasteiger partial charge is 0.493 e. The zero-order valence-electron chi connectivity index (χ0n) is 27.1. The lowest BCUT2D eigenvalue weighted by atomic mass is 9.75. The highest BCUT2D eigenvalue weighted by atomic mass is 19.4. The number of para-hydroxylation sites is 1. The van der Waals surface area contributed by atoms with Crippen LogP contribution in [0.2, 0.25) is 0 Å². The second-order valence-electron chi connectivity index (χ2n) is 11.2. The Morgan fingerprint density at radius 3 is 2.44 bits per heavy atom. The molecule has 0 fully saturated rings. The van der Waals surface area contributed by atoms with E-state index < -0.39 is 64.0 Å². The molecule has 0 saturated heterocycles. The molecule has 48 heavy (non-hydrogen) atoms. The van der Waals surface area contributed by atoms with Crippen molar-refractivity contribution in [2.75, 3.05) is 32.9 Å². The topological polar surface area (TPSA) is 159 Å². The van der Waals surface area contributed by atoms with Crippen LogP contribution in [0.25, 0.3) is 0 Å². The van der Waals surface area contributed by atoms with E-state index in [9.17, 15) is 38.0 Å². The van der Waals surface area contributed by atoms with Gasteiger partial charge in [-0.1, -0.05) is 18.2 Å². The summed E-state index contributed by atoms with van der Waals surface area (Å²) in [4.78, 5) is 41.2. The number of ether oxygens (including phenoxy) is 4. The molecule has 12 nitrogen and oxygen atoms in total. The third kappa shape index (κ3) is 10.5. The number of benzene rings is 2. The van der Waals surface area contributed by atoms with Gasteiger partial charge in [-0.3, -0.25) is 19.9 Å². The van der Waals surface area contributed by atoms with E-state index in [1.807, 2.05) is 18.2 Å². The normalized spacial score (nSPS) is 17.1. The molecule has 0 amide bonds. The Kier molecular flexibility index (Phi) is 13.9. The molecule has 3 atom stereocenters. The van der Waals surface area contributed by atoms with E-state index >= 15 is 0 Å². The van der Waals surface area contributed by atoms with Crippen LogP contribution in [0.15, 0.2) is 64.8 Å². The number of aliphatic hydroxyl groups excluding tert-OH is 1. The highest BCUT2D eigenvalue weighted by Gasteiger charge is 2.51. The van der Waals surface area contributed by atoms with E-state index in [1.165, 1.54) is 19.9 Å². The van der Waals surface area contributed by atoms with E-state index in [0.29, 0.717) is 25.1 Å². The molecule has 3 unspecified atom stereocenters. The number of alkyl halides is 3. The van der Waals surface area contributed by atoms with E-state index in [0.717, 1.165) is 12.1 Å². The van der Waals surface area contributed by atoms with Crippen LogP contribution in [0.3, 0.4) is 0 Å². The lowest BCUT2D eigenvalue weighted by Gasteiger charge is -2.33. The number of nitrogens with one attached hydrogen (secondary N) is 1. The highest BCUT2D eigenvalue weighted by molar-refractivity contribution is 6.07. The van der Waals surface area contributed by atoms with Gasteiger partial charge in [0.05, 0.1) is 29.8 Å². The number of aliphatic hydroxyl groups is 1. The third-order valence-corrected chi connectivity index (χ3v) is 7.12. The number of halogens is 3. The number of hydrogen-bond donors (Lipinski definition) is 2. The zero-order valence-corrected chi connectivity index (χ0v) is 27.1. The lowest BCUT2D eigenvalue weighted by molar-refractivity contribution is -0.385. The second-order valence-corrected chi connectivity index (χ2v) is 11.2. The van der Waals surface area contributed by atoms with E-state index in [-0.39, 0.29) is 43.4 Å². The van der Waals surface area contributed by atoms with Gasteiger partial charge in [-0.2, -0.15) is 13.2 Å². The lowest BCUT2D eigenvalue weighted by Crippen LogP contribution is -2.39. The minimum Gasteiger partial charge on any atom is -0.493 e. The van der Waals surface area contributed by atoms with Crippen LogP contribution in [0.4, 0.5) is 18.9 Å². The van der Waals surface area contributed by atoms with Crippen molar-refractivity contribution in [3.63, 3.8) is 0 Å². The SMILES string of the molecule is CCOC(=O)C1=C(C(F)(F)F)N=C(C)C(C(=O)OC(C)C)C1c1cc([N+](=O)[O-])ccc1OCCCCNCC(O)COc1ccccc1. The fraction of sp³-hybridized carbons (Fsp3) is 0.485. The summed E-state index contributed by atoms with van der Waals surface area (Å²) in [6.45, 7) is 6.29.